The van der Waals surface area contributed by atoms with Crippen molar-refractivity contribution >= 4 is 33.7 Å². The fraction of sp³-hybridized carbons (Fsp3) is 0.400. The quantitative estimate of drug-likeness (QED) is 0.681. The Morgan fingerprint density at radius 2 is 1.77 bits per heavy atom. The molecule has 0 saturated carbocycles. The van der Waals surface area contributed by atoms with E-state index in [0.717, 1.165) is 4.47 Å². The van der Waals surface area contributed by atoms with Gasteiger partial charge in [0, 0.05) is 29.0 Å². The molecule has 1 aromatic rings. The number of carboxylic acids is 1. The van der Waals surface area contributed by atoms with Crippen LogP contribution in [0.1, 0.15) is 30.6 Å². The Balaban J connectivity index is 2.34. The van der Waals surface area contributed by atoms with E-state index in [1.165, 1.54) is 6.92 Å². The number of hydrogen-bond donors (Lipinski definition) is 3. The molecule has 0 saturated heterocycles. The monoisotopic (exact) mass is 370 g/mol. The largest absolute Gasteiger partial charge is 0.481 e. The molecular formula is C15H19BrN2O4. The highest BCUT2D eigenvalue weighted by Gasteiger charge is 2.20. The topological polar surface area (TPSA) is 95.5 Å². The van der Waals surface area contributed by atoms with E-state index in [-0.39, 0.29) is 24.8 Å². The third kappa shape index (κ3) is 5.85. The van der Waals surface area contributed by atoms with Gasteiger partial charge < -0.3 is 15.7 Å². The molecule has 7 heteroatoms. The Bertz CT molecular complexity index is 545. The highest BCUT2D eigenvalue weighted by atomic mass is 79.9. The second-order valence-corrected chi connectivity index (χ2v) is 5.91. The molecule has 0 bridgehead atoms. The molecule has 0 fully saturated rings. The highest BCUT2D eigenvalue weighted by molar-refractivity contribution is 9.10. The van der Waals surface area contributed by atoms with Gasteiger partial charge in [-0.3, -0.25) is 14.4 Å². The summed E-state index contributed by atoms with van der Waals surface area (Å²) < 4.78 is 0.880. The summed E-state index contributed by atoms with van der Waals surface area (Å²) in [7, 11) is 0. The van der Waals surface area contributed by atoms with Gasteiger partial charge in [0.2, 0.25) is 5.91 Å². The zero-order valence-electron chi connectivity index (χ0n) is 12.4. The maximum Gasteiger partial charge on any atom is 0.308 e. The number of benzene rings is 1. The standard InChI is InChI=1S/C15H19BrN2O4/c1-9(15(21)22)10(2)18-13(19)7-8-17-14(20)11-3-5-12(16)6-4-11/h3-6,9-10H,7-8H2,1-2H3,(H,17,20)(H,18,19)(H,21,22). The third-order valence-corrected chi connectivity index (χ3v) is 3.80. The minimum Gasteiger partial charge on any atom is -0.481 e. The molecule has 2 atom stereocenters. The number of hydrogen-bond acceptors (Lipinski definition) is 3. The summed E-state index contributed by atoms with van der Waals surface area (Å²) in [6, 6.07) is 6.41. The fourth-order valence-electron chi connectivity index (χ4n) is 1.66. The van der Waals surface area contributed by atoms with Crippen LogP contribution in [0.2, 0.25) is 0 Å². The predicted octanol–water partition coefficient (Wildman–Crippen LogP) is 1.79. The summed E-state index contributed by atoms with van der Waals surface area (Å²) >= 11 is 3.28. The summed E-state index contributed by atoms with van der Waals surface area (Å²) in [5.74, 6) is -2.18. The summed E-state index contributed by atoms with van der Waals surface area (Å²) in [4.78, 5) is 34.3. The first-order chi connectivity index (χ1) is 10.3. The van der Waals surface area contributed by atoms with Crippen LogP contribution < -0.4 is 10.6 Å². The molecule has 6 nitrogen and oxygen atoms in total. The molecule has 120 valence electrons. The average molecular weight is 371 g/mol. The Kier molecular flexibility index (Phi) is 7.04. The molecule has 0 aliphatic heterocycles. The lowest BCUT2D eigenvalue weighted by Gasteiger charge is -2.17. The smallest absolute Gasteiger partial charge is 0.308 e. The Labute approximate surface area is 137 Å². The molecule has 0 aliphatic carbocycles. The van der Waals surface area contributed by atoms with Crippen molar-refractivity contribution in [3.63, 3.8) is 0 Å². The van der Waals surface area contributed by atoms with Gasteiger partial charge in [0.15, 0.2) is 0 Å². The average Bonchev–Trinajstić information content (AvgIpc) is 2.46. The summed E-state index contributed by atoms with van der Waals surface area (Å²) in [5.41, 5.74) is 0.511. The van der Waals surface area contributed by atoms with E-state index in [1.54, 1.807) is 31.2 Å². The SMILES string of the molecule is CC(NC(=O)CCNC(=O)c1ccc(Br)cc1)C(C)C(=O)O. The molecular weight excluding hydrogens is 352 g/mol. The molecule has 0 aliphatic rings. The zero-order valence-corrected chi connectivity index (χ0v) is 14.0. The molecule has 22 heavy (non-hydrogen) atoms. The molecule has 0 aromatic heterocycles. The number of carbonyl (C=O) groups excluding carboxylic acids is 2. The maximum atomic E-state index is 11.8. The lowest BCUT2D eigenvalue weighted by Crippen LogP contribution is -2.41. The van der Waals surface area contributed by atoms with Gasteiger partial charge >= 0.3 is 5.97 Å². The lowest BCUT2D eigenvalue weighted by atomic mass is 10.0. The van der Waals surface area contributed by atoms with Crippen LogP contribution in [0.15, 0.2) is 28.7 Å². The van der Waals surface area contributed by atoms with Crippen LogP contribution in [0.4, 0.5) is 0 Å². The number of halogens is 1. The summed E-state index contributed by atoms with van der Waals surface area (Å²) in [5, 5.41) is 14.1. The molecule has 1 aromatic carbocycles. The summed E-state index contributed by atoms with van der Waals surface area (Å²) in [6.45, 7) is 3.36. The van der Waals surface area contributed by atoms with Gasteiger partial charge in [-0.2, -0.15) is 0 Å². The van der Waals surface area contributed by atoms with E-state index >= 15 is 0 Å². The van der Waals surface area contributed by atoms with Crippen molar-refractivity contribution in [1.29, 1.82) is 0 Å². The van der Waals surface area contributed by atoms with Crippen molar-refractivity contribution in [3.8, 4) is 0 Å². The number of aliphatic carboxylic acids is 1. The second kappa shape index (κ2) is 8.53. The van der Waals surface area contributed by atoms with Crippen molar-refractivity contribution in [3.05, 3.63) is 34.3 Å². The van der Waals surface area contributed by atoms with Gasteiger partial charge in [-0.15, -0.1) is 0 Å². The molecule has 1 rings (SSSR count). The van der Waals surface area contributed by atoms with E-state index in [2.05, 4.69) is 26.6 Å². The molecule has 3 N–H and O–H groups in total. The van der Waals surface area contributed by atoms with Gasteiger partial charge in [0.1, 0.15) is 0 Å². The number of rotatable bonds is 7. The van der Waals surface area contributed by atoms with E-state index < -0.39 is 17.9 Å². The first-order valence-corrected chi connectivity index (χ1v) is 7.66. The van der Waals surface area contributed by atoms with Gasteiger partial charge in [-0.25, -0.2) is 0 Å². The van der Waals surface area contributed by atoms with Crippen molar-refractivity contribution in [2.24, 2.45) is 5.92 Å². The lowest BCUT2D eigenvalue weighted by molar-refractivity contribution is -0.142. The van der Waals surface area contributed by atoms with Crippen molar-refractivity contribution in [1.82, 2.24) is 10.6 Å². The van der Waals surface area contributed by atoms with E-state index in [9.17, 15) is 14.4 Å². The van der Waals surface area contributed by atoms with Crippen LogP contribution in [0.5, 0.6) is 0 Å². The van der Waals surface area contributed by atoms with Crippen LogP contribution in [-0.4, -0.2) is 35.5 Å². The van der Waals surface area contributed by atoms with Crippen molar-refractivity contribution in [2.75, 3.05) is 6.54 Å². The first-order valence-electron chi connectivity index (χ1n) is 6.87. The third-order valence-electron chi connectivity index (χ3n) is 3.27. The van der Waals surface area contributed by atoms with Crippen LogP contribution in [0.25, 0.3) is 0 Å². The molecule has 2 unspecified atom stereocenters. The molecule has 0 radical (unpaired) electrons. The second-order valence-electron chi connectivity index (χ2n) is 5.00. The van der Waals surface area contributed by atoms with Crippen molar-refractivity contribution < 1.29 is 19.5 Å². The maximum absolute atomic E-state index is 11.8. The molecule has 0 spiro atoms. The zero-order chi connectivity index (χ0) is 16.7. The minimum absolute atomic E-state index is 0.0962. The highest BCUT2D eigenvalue weighted by Crippen LogP contribution is 2.10. The van der Waals surface area contributed by atoms with Crippen LogP contribution in [0, 0.1) is 5.92 Å². The van der Waals surface area contributed by atoms with Crippen LogP contribution in [0.3, 0.4) is 0 Å². The first kappa shape index (κ1) is 18.2. The summed E-state index contributed by atoms with van der Waals surface area (Å²) in [6.07, 6.45) is 0.0962. The Morgan fingerprint density at radius 1 is 1.18 bits per heavy atom. The number of carbonyl (C=O) groups is 3. The Morgan fingerprint density at radius 3 is 2.32 bits per heavy atom. The van der Waals surface area contributed by atoms with E-state index in [4.69, 9.17) is 5.11 Å². The molecule has 2 amide bonds. The van der Waals surface area contributed by atoms with Gasteiger partial charge in [0.25, 0.3) is 5.91 Å². The van der Waals surface area contributed by atoms with Crippen LogP contribution in [-0.2, 0) is 9.59 Å². The molecule has 0 heterocycles. The number of amides is 2. The van der Waals surface area contributed by atoms with Crippen molar-refractivity contribution in [2.45, 2.75) is 26.3 Å². The van der Waals surface area contributed by atoms with Gasteiger partial charge in [-0.1, -0.05) is 15.9 Å². The number of nitrogens with one attached hydrogen (secondary N) is 2. The normalized spacial score (nSPS) is 13.0. The van der Waals surface area contributed by atoms with Gasteiger partial charge in [-0.05, 0) is 38.1 Å². The van der Waals surface area contributed by atoms with Crippen LogP contribution >= 0.6 is 15.9 Å². The number of carboxylic acid groups (broad SMARTS) is 1. The fourth-order valence-corrected chi connectivity index (χ4v) is 1.92. The van der Waals surface area contributed by atoms with E-state index in [0.29, 0.717) is 5.56 Å². The predicted molar refractivity (Wildman–Crippen MR) is 85.5 cm³/mol. The van der Waals surface area contributed by atoms with Gasteiger partial charge in [0.05, 0.1) is 5.92 Å². The minimum atomic E-state index is -0.962. The van der Waals surface area contributed by atoms with E-state index in [1.807, 2.05) is 0 Å². The Hall–Kier alpha value is -1.89.